The summed E-state index contributed by atoms with van der Waals surface area (Å²) in [5.41, 5.74) is 0.640. The summed E-state index contributed by atoms with van der Waals surface area (Å²) in [6.45, 7) is 5.18. The van der Waals surface area contributed by atoms with Crippen LogP contribution in [0.4, 0.5) is 0 Å². The van der Waals surface area contributed by atoms with Gasteiger partial charge in [0, 0.05) is 17.3 Å². The fourth-order valence-corrected chi connectivity index (χ4v) is 2.06. The van der Waals surface area contributed by atoms with Crippen molar-refractivity contribution < 1.29 is 32.8 Å². The van der Waals surface area contributed by atoms with Crippen molar-refractivity contribution in [3.8, 4) is 0 Å². The number of hydrogen-bond acceptors (Lipinski definition) is 4. The van der Waals surface area contributed by atoms with E-state index in [0.29, 0.717) is 29.7 Å². The average molecular weight is 266 g/mol. The average Bonchev–Trinajstić information content (AvgIpc) is 2.40. The maximum absolute atomic E-state index is 12.3. The van der Waals surface area contributed by atoms with E-state index in [4.69, 9.17) is 13.9 Å². The van der Waals surface area contributed by atoms with Gasteiger partial charge in [-0.25, -0.2) is 0 Å². The Morgan fingerprint density at radius 1 is 1.20 bits per heavy atom. The van der Waals surface area contributed by atoms with Crippen LogP contribution in [0, 0.1) is 11.7 Å². The molecule has 0 saturated carbocycles. The summed E-state index contributed by atoms with van der Waals surface area (Å²) in [4.78, 5) is 12.3. The molecule has 3 rings (SSSR count). The van der Waals surface area contributed by atoms with E-state index >= 15 is 0 Å². The number of ether oxygens (including phenoxy) is 2. The number of para-hydroxylation sites is 1. The van der Waals surface area contributed by atoms with Crippen molar-refractivity contribution in [2.45, 2.75) is 20.1 Å². The van der Waals surface area contributed by atoms with Crippen LogP contribution in [0.5, 0.6) is 0 Å². The summed E-state index contributed by atoms with van der Waals surface area (Å²) in [6.07, 6.45) is 1.95. The third-order valence-electron chi connectivity index (χ3n) is 3.13. The van der Waals surface area contributed by atoms with Crippen molar-refractivity contribution in [2.75, 3.05) is 13.2 Å². The first kappa shape index (κ1) is 15.3. The van der Waals surface area contributed by atoms with Crippen molar-refractivity contribution in [2.24, 2.45) is 5.41 Å². The molecule has 0 radical (unpaired) electrons. The van der Waals surface area contributed by atoms with Crippen molar-refractivity contribution in [1.82, 2.24) is 0 Å². The topological polar surface area (TPSA) is 48.7 Å². The molecule has 1 saturated heterocycles. The van der Waals surface area contributed by atoms with E-state index in [1.54, 1.807) is 18.2 Å². The fourth-order valence-electron chi connectivity index (χ4n) is 2.06. The Morgan fingerprint density at radius 3 is 2.55 bits per heavy atom. The van der Waals surface area contributed by atoms with Gasteiger partial charge in [0.15, 0.2) is 6.29 Å². The quantitative estimate of drug-likeness (QED) is 0.524. The minimum atomic E-state index is -0.686. The van der Waals surface area contributed by atoms with E-state index in [1.165, 1.54) is 0 Å². The molecule has 20 heavy (non-hydrogen) atoms. The van der Waals surface area contributed by atoms with Gasteiger partial charge >= 0.3 is 18.9 Å². The zero-order chi connectivity index (χ0) is 13.5. The summed E-state index contributed by atoms with van der Waals surface area (Å²) in [5, 5.41) is 0.522. The smallest absolute Gasteiger partial charge is 0.580 e. The summed E-state index contributed by atoms with van der Waals surface area (Å²) >= 11 is 0. The van der Waals surface area contributed by atoms with Crippen LogP contribution in [0.15, 0.2) is 33.5 Å². The standard InChI is InChI=1S/C15H15O4.Li/c1-15(2)8-18-14(19-9-15)11-7-17-12-6-4-3-5-10(12)13(11)16;/h3-6,14H,8-9H2,1-2H3;/q-1;+1. The van der Waals surface area contributed by atoms with Crippen LogP contribution >= 0.6 is 0 Å². The monoisotopic (exact) mass is 266 g/mol. The molecule has 1 fully saturated rings. The van der Waals surface area contributed by atoms with Crippen LogP contribution in [-0.2, 0) is 9.47 Å². The van der Waals surface area contributed by atoms with E-state index in [2.05, 4.69) is 20.1 Å². The second-order valence-electron chi connectivity index (χ2n) is 5.56. The Kier molecular flexibility index (Phi) is 4.41. The van der Waals surface area contributed by atoms with Gasteiger partial charge in [-0.05, 0) is 10.9 Å². The van der Waals surface area contributed by atoms with Gasteiger partial charge in [-0.2, -0.15) is 0 Å². The number of benzene rings is 1. The third-order valence-corrected chi connectivity index (χ3v) is 3.13. The molecule has 0 N–H and O–H groups in total. The Balaban J connectivity index is 0.00000147. The van der Waals surface area contributed by atoms with Gasteiger partial charge in [-0.15, -0.1) is 0 Å². The van der Waals surface area contributed by atoms with Crippen molar-refractivity contribution in [1.29, 1.82) is 0 Å². The molecule has 2 heterocycles. The van der Waals surface area contributed by atoms with Crippen LogP contribution < -0.4 is 24.3 Å². The molecule has 5 heteroatoms. The molecular formula is C15H15LiO4. The third kappa shape index (κ3) is 2.84. The molecule has 0 amide bonds. The van der Waals surface area contributed by atoms with E-state index in [-0.39, 0.29) is 29.7 Å². The number of fused-ring (bicyclic) bond motifs is 1. The maximum Gasteiger partial charge on any atom is 1.00 e. The summed E-state index contributed by atoms with van der Waals surface area (Å²) in [7, 11) is 0. The summed E-state index contributed by atoms with van der Waals surface area (Å²) in [6, 6.07) is 7.08. The predicted octanol–water partition coefficient (Wildman–Crippen LogP) is -0.331. The molecular weight excluding hydrogens is 251 g/mol. The molecule has 100 valence electrons. The van der Waals surface area contributed by atoms with Gasteiger partial charge in [0.1, 0.15) is 0 Å². The zero-order valence-electron chi connectivity index (χ0n) is 11.9. The molecule has 0 aliphatic carbocycles. The SMILES string of the molecule is CC1(C)COC(c2[c-]oc3ccccc3c2=O)OC1.[Li+]. The Hall–Kier alpha value is -1.05. The largest absolute Gasteiger partial charge is 1.00 e. The van der Waals surface area contributed by atoms with Gasteiger partial charge < -0.3 is 18.7 Å². The second-order valence-corrected chi connectivity index (χ2v) is 5.56. The summed E-state index contributed by atoms with van der Waals surface area (Å²) in [5.74, 6) is 0. The molecule has 1 aromatic carbocycles. The van der Waals surface area contributed by atoms with Crippen LogP contribution in [-0.4, -0.2) is 13.2 Å². The number of hydrogen-bond donors (Lipinski definition) is 0. The zero-order valence-corrected chi connectivity index (χ0v) is 11.9. The molecule has 0 spiro atoms. The first-order valence-electron chi connectivity index (χ1n) is 6.23. The fraction of sp³-hybridized carbons (Fsp3) is 0.400. The Morgan fingerprint density at radius 2 is 1.85 bits per heavy atom. The molecule has 0 unspecified atom stereocenters. The van der Waals surface area contributed by atoms with Gasteiger partial charge in [0.25, 0.3) is 0 Å². The van der Waals surface area contributed by atoms with Crippen LogP contribution in [0.3, 0.4) is 0 Å². The van der Waals surface area contributed by atoms with Crippen molar-refractivity contribution in [3.63, 3.8) is 0 Å². The van der Waals surface area contributed by atoms with Crippen molar-refractivity contribution in [3.05, 3.63) is 46.3 Å². The predicted molar refractivity (Wildman–Crippen MR) is 69.7 cm³/mol. The second kappa shape index (κ2) is 5.75. The van der Waals surface area contributed by atoms with E-state index in [1.807, 2.05) is 6.07 Å². The van der Waals surface area contributed by atoms with Gasteiger partial charge in [-0.1, -0.05) is 38.1 Å². The van der Waals surface area contributed by atoms with Crippen LogP contribution in [0.2, 0.25) is 0 Å². The molecule has 1 aromatic heterocycles. The van der Waals surface area contributed by atoms with Crippen LogP contribution in [0.1, 0.15) is 25.7 Å². The van der Waals surface area contributed by atoms with E-state index < -0.39 is 6.29 Å². The van der Waals surface area contributed by atoms with E-state index in [9.17, 15) is 4.79 Å². The molecule has 1 aliphatic heterocycles. The normalized spacial score (nSPS) is 18.7. The molecule has 2 aromatic rings. The van der Waals surface area contributed by atoms with Crippen LogP contribution in [0.25, 0.3) is 11.0 Å². The minimum absolute atomic E-state index is 0. The molecule has 1 aliphatic rings. The molecule has 0 bridgehead atoms. The van der Waals surface area contributed by atoms with Crippen molar-refractivity contribution >= 4 is 11.0 Å². The first-order chi connectivity index (χ1) is 9.07. The molecule has 4 nitrogen and oxygen atoms in total. The van der Waals surface area contributed by atoms with Gasteiger partial charge in [0.05, 0.1) is 18.6 Å². The number of rotatable bonds is 1. The van der Waals surface area contributed by atoms with E-state index in [0.717, 1.165) is 0 Å². The Bertz CT molecular complexity index is 652. The molecule has 0 atom stereocenters. The maximum atomic E-state index is 12.3. The first-order valence-corrected chi connectivity index (χ1v) is 6.23. The van der Waals surface area contributed by atoms with Gasteiger partial charge in [0.2, 0.25) is 0 Å². The Labute approximate surface area is 129 Å². The van der Waals surface area contributed by atoms with Gasteiger partial charge in [-0.3, -0.25) is 0 Å². The summed E-state index contributed by atoms with van der Waals surface area (Å²) < 4.78 is 16.5. The minimum Gasteiger partial charge on any atom is -0.580 e.